The molecule has 6 heteroatoms. The van der Waals surface area contributed by atoms with Crippen molar-refractivity contribution in [2.45, 2.75) is 13.5 Å². The van der Waals surface area contributed by atoms with Crippen molar-refractivity contribution in [2.24, 2.45) is 0 Å². The first kappa shape index (κ1) is 13.3. The van der Waals surface area contributed by atoms with Crippen LogP contribution in [0.2, 0.25) is 0 Å². The van der Waals surface area contributed by atoms with E-state index >= 15 is 0 Å². The quantitative estimate of drug-likeness (QED) is 0.754. The molecule has 0 aliphatic rings. The van der Waals surface area contributed by atoms with Crippen LogP contribution in [0.1, 0.15) is 11.5 Å². The van der Waals surface area contributed by atoms with Crippen LogP contribution >= 0.6 is 27.3 Å². The third-order valence-corrected chi connectivity index (χ3v) is 4.38. The van der Waals surface area contributed by atoms with Gasteiger partial charge in [-0.1, -0.05) is 22.9 Å². The van der Waals surface area contributed by atoms with E-state index in [1.54, 1.807) is 11.3 Å². The van der Waals surface area contributed by atoms with E-state index in [9.17, 15) is 0 Å². The van der Waals surface area contributed by atoms with Gasteiger partial charge in [0.1, 0.15) is 0 Å². The number of aromatic nitrogens is 2. The standard InChI is InChI=1S/C14H12BrN3OS/c1-9-2-4-10(5-3-9)16-8-13-17-14(18-19-13)11-6-7-12(15)20-11/h2-7,16H,8H2,1H3. The van der Waals surface area contributed by atoms with Crippen LogP contribution < -0.4 is 5.32 Å². The molecule has 0 amide bonds. The molecule has 1 aromatic carbocycles. The van der Waals surface area contributed by atoms with Crippen molar-refractivity contribution in [1.29, 1.82) is 0 Å². The summed E-state index contributed by atoms with van der Waals surface area (Å²) in [5.74, 6) is 1.20. The Hall–Kier alpha value is -1.66. The number of anilines is 1. The zero-order chi connectivity index (χ0) is 13.9. The van der Waals surface area contributed by atoms with Gasteiger partial charge in [-0.05, 0) is 47.1 Å². The lowest BCUT2D eigenvalue weighted by Crippen LogP contribution is -1.99. The average Bonchev–Trinajstić information content (AvgIpc) is 3.07. The van der Waals surface area contributed by atoms with Crippen LogP contribution in [-0.4, -0.2) is 10.1 Å². The van der Waals surface area contributed by atoms with Gasteiger partial charge >= 0.3 is 0 Å². The van der Waals surface area contributed by atoms with Crippen LogP contribution in [-0.2, 0) is 6.54 Å². The molecule has 3 aromatic rings. The van der Waals surface area contributed by atoms with Gasteiger partial charge in [0.05, 0.1) is 15.2 Å². The highest BCUT2D eigenvalue weighted by Crippen LogP contribution is 2.29. The molecule has 0 radical (unpaired) electrons. The van der Waals surface area contributed by atoms with Crippen molar-refractivity contribution in [3.63, 3.8) is 0 Å². The SMILES string of the molecule is Cc1ccc(NCc2nc(-c3ccc(Br)s3)no2)cc1. The maximum absolute atomic E-state index is 5.24. The van der Waals surface area contributed by atoms with E-state index < -0.39 is 0 Å². The number of rotatable bonds is 4. The van der Waals surface area contributed by atoms with E-state index in [-0.39, 0.29) is 0 Å². The molecule has 0 saturated carbocycles. The normalized spacial score (nSPS) is 10.7. The Balaban J connectivity index is 1.67. The van der Waals surface area contributed by atoms with Gasteiger partial charge in [0, 0.05) is 5.69 Å². The summed E-state index contributed by atoms with van der Waals surface area (Å²) in [5, 5.41) is 7.25. The van der Waals surface area contributed by atoms with Crippen molar-refractivity contribution in [3.05, 3.63) is 51.6 Å². The van der Waals surface area contributed by atoms with Gasteiger partial charge in [-0.25, -0.2) is 0 Å². The topological polar surface area (TPSA) is 51.0 Å². The molecule has 4 nitrogen and oxygen atoms in total. The molecule has 0 spiro atoms. The van der Waals surface area contributed by atoms with Crippen LogP contribution in [0.4, 0.5) is 5.69 Å². The van der Waals surface area contributed by atoms with Crippen LogP contribution in [0.5, 0.6) is 0 Å². The number of thiophene rings is 1. The second-order valence-corrected chi connectivity index (χ2v) is 6.80. The number of aryl methyl sites for hydroxylation is 1. The van der Waals surface area contributed by atoms with Crippen molar-refractivity contribution < 1.29 is 4.52 Å². The molecule has 2 aromatic heterocycles. The summed E-state index contributed by atoms with van der Waals surface area (Å²) in [6.45, 7) is 2.58. The lowest BCUT2D eigenvalue weighted by Gasteiger charge is -2.02. The smallest absolute Gasteiger partial charge is 0.246 e. The summed E-state index contributed by atoms with van der Waals surface area (Å²) < 4.78 is 6.29. The molecule has 0 bridgehead atoms. The second kappa shape index (κ2) is 5.76. The Morgan fingerprint density at radius 2 is 2.00 bits per heavy atom. The van der Waals surface area contributed by atoms with Crippen LogP contribution in [0.15, 0.2) is 44.7 Å². The molecule has 3 rings (SSSR count). The Morgan fingerprint density at radius 3 is 2.70 bits per heavy atom. The van der Waals surface area contributed by atoms with Gasteiger partial charge in [0.15, 0.2) is 0 Å². The van der Waals surface area contributed by atoms with E-state index in [0.29, 0.717) is 18.3 Å². The summed E-state index contributed by atoms with van der Waals surface area (Å²) in [6, 6.07) is 12.1. The largest absolute Gasteiger partial charge is 0.376 e. The van der Waals surface area contributed by atoms with Crippen molar-refractivity contribution in [1.82, 2.24) is 10.1 Å². The number of halogens is 1. The monoisotopic (exact) mass is 349 g/mol. The van der Waals surface area contributed by atoms with Gasteiger partial charge in [-0.3, -0.25) is 0 Å². The summed E-state index contributed by atoms with van der Waals surface area (Å²) in [4.78, 5) is 5.36. The summed E-state index contributed by atoms with van der Waals surface area (Å²) >= 11 is 5.00. The van der Waals surface area contributed by atoms with Crippen molar-refractivity contribution >= 4 is 33.0 Å². The van der Waals surface area contributed by atoms with Gasteiger partial charge < -0.3 is 9.84 Å². The maximum Gasteiger partial charge on any atom is 0.246 e. The summed E-state index contributed by atoms with van der Waals surface area (Å²) in [6.07, 6.45) is 0. The first-order valence-electron chi connectivity index (χ1n) is 6.09. The van der Waals surface area contributed by atoms with Gasteiger partial charge in [0.2, 0.25) is 11.7 Å². The molecule has 0 aliphatic heterocycles. The molecule has 20 heavy (non-hydrogen) atoms. The number of hydrogen-bond acceptors (Lipinski definition) is 5. The Bertz CT molecular complexity index is 705. The van der Waals surface area contributed by atoms with Gasteiger partial charge in [-0.15, -0.1) is 11.3 Å². The fourth-order valence-electron chi connectivity index (χ4n) is 1.71. The molecule has 0 unspecified atom stereocenters. The van der Waals surface area contributed by atoms with Crippen LogP contribution in [0.25, 0.3) is 10.7 Å². The van der Waals surface area contributed by atoms with E-state index in [1.165, 1.54) is 5.56 Å². The Kier molecular flexibility index (Phi) is 3.84. The maximum atomic E-state index is 5.24. The lowest BCUT2D eigenvalue weighted by atomic mass is 10.2. The molecule has 0 saturated heterocycles. The Labute approximate surface area is 129 Å². The molecule has 102 valence electrons. The minimum atomic E-state index is 0.516. The van der Waals surface area contributed by atoms with E-state index in [4.69, 9.17) is 4.52 Å². The Morgan fingerprint density at radius 1 is 1.20 bits per heavy atom. The van der Waals surface area contributed by atoms with Gasteiger partial charge in [0.25, 0.3) is 0 Å². The fraction of sp³-hybridized carbons (Fsp3) is 0.143. The highest BCUT2D eigenvalue weighted by atomic mass is 79.9. The number of nitrogens with zero attached hydrogens (tertiary/aromatic N) is 2. The third kappa shape index (κ3) is 3.08. The molecule has 0 aliphatic carbocycles. The highest BCUT2D eigenvalue weighted by molar-refractivity contribution is 9.11. The van der Waals surface area contributed by atoms with Crippen LogP contribution in [0, 0.1) is 6.92 Å². The van der Waals surface area contributed by atoms with E-state index in [2.05, 4.69) is 50.4 Å². The number of nitrogens with one attached hydrogen (secondary N) is 1. The zero-order valence-corrected chi connectivity index (χ0v) is 13.2. The van der Waals surface area contributed by atoms with Crippen molar-refractivity contribution in [3.8, 4) is 10.7 Å². The minimum Gasteiger partial charge on any atom is -0.376 e. The molecule has 1 N–H and O–H groups in total. The molecule has 0 fully saturated rings. The first-order chi connectivity index (χ1) is 9.70. The predicted octanol–water partition coefficient (Wildman–Crippen LogP) is 4.48. The van der Waals surface area contributed by atoms with E-state index in [0.717, 1.165) is 14.4 Å². The molecule has 2 heterocycles. The van der Waals surface area contributed by atoms with E-state index in [1.807, 2.05) is 24.3 Å². The van der Waals surface area contributed by atoms with Gasteiger partial charge in [-0.2, -0.15) is 4.98 Å². The van der Waals surface area contributed by atoms with Crippen LogP contribution in [0.3, 0.4) is 0 Å². The predicted molar refractivity (Wildman–Crippen MR) is 83.8 cm³/mol. The third-order valence-electron chi connectivity index (χ3n) is 2.76. The summed E-state index contributed by atoms with van der Waals surface area (Å²) in [7, 11) is 0. The zero-order valence-electron chi connectivity index (χ0n) is 10.8. The first-order valence-corrected chi connectivity index (χ1v) is 7.70. The number of hydrogen-bond donors (Lipinski definition) is 1. The highest BCUT2D eigenvalue weighted by Gasteiger charge is 2.10. The fourth-order valence-corrected chi connectivity index (χ4v) is 3.02. The molecule has 0 atom stereocenters. The lowest BCUT2D eigenvalue weighted by molar-refractivity contribution is 0.384. The number of benzene rings is 1. The molecular formula is C14H12BrN3OS. The summed E-state index contributed by atoms with van der Waals surface area (Å²) in [5.41, 5.74) is 2.27. The van der Waals surface area contributed by atoms with Crippen molar-refractivity contribution in [2.75, 3.05) is 5.32 Å². The second-order valence-electron chi connectivity index (χ2n) is 4.34. The minimum absolute atomic E-state index is 0.516. The molecular weight excluding hydrogens is 338 g/mol. The average molecular weight is 350 g/mol.